The second-order valence-electron chi connectivity index (χ2n) is 4.78. The number of aromatic nitrogens is 3. The van der Waals surface area contributed by atoms with Crippen LogP contribution in [-0.2, 0) is 4.74 Å². The zero-order chi connectivity index (χ0) is 17.4. The number of hydrogen-bond donors (Lipinski definition) is 1. The maximum absolute atomic E-state index is 12.8. The molecule has 0 atom stereocenters. The molecule has 0 radical (unpaired) electrons. The van der Waals surface area contributed by atoms with Crippen molar-refractivity contribution >= 4 is 52.3 Å². The normalized spacial score (nSPS) is 10.8. The number of carbonyl (C=O) groups excluding carboxylic acids is 1. The Morgan fingerprint density at radius 2 is 2.08 bits per heavy atom. The highest BCUT2D eigenvalue weighted by Gasteiger charge is 2.14. The summed E-state index contributed by atoms with van der Waals surface area (Å²) >= 11 is 17.2. The van der Waals surface area contributed by atoms with Crippen LogP contribution in [0.2, 0.25) is 10.0 Å². The highest BCUT2D eigenvalue weighted by Crippen LogP contribution is 2.22. The van der Waals surface area contributed by atoms with Crippen LogP contribution < -0.4 is 5.56 Å². The van der Waals surface area contributed by atoms with Gasteiger partial charge in [0.2, 0.25) is 0 Å². The van der Waals surface area contributed by atoms with E-state index in [9.17, 15) is 9.59 Å². The van der Waals surface area contributed by atoms with E-state index in [1.54, 1.807) is 0 Å². The number of methoxy groups -OCH3 is 1. The van der Waals surface area contributed by atoms with Gasteiger partial charge in [-0.25, -0.2) is 14.3 Å². The Bertz CT molecular complexity index is 1090. The first-order chi connectivity index (χ1) is 11.4. The second-order valence-corrected chi connectivity index (χ2v) is 6.01. The van der Waals surface area contributed by atoms with Crippen LogP contribution in [0.1, 0.15) is 10.4 Å². The number of hydrogen-bond acceptors (Lipinski definition) is 5. The first kappa shape index (κ1) is 16.6. The fraction of sp³-hybridized carbons (Fsp3) is 0.0667. The van der Waals surface area contributed by atoms with E-state index in [0.717, 1.165) is 0 Å². The molecular formula is C15H9Cl2N3O3S. The number of aromatic amines is 1. The first-order valence-electron chi connectivity index (χ1n) is 6.61. The molecule has 3 rings (SSSR count). The number of rotatable bonds is 2. The van der Waals surface area contributed by atoms with Gasteiger partial charge in [-0.15, -0.1) is 0 Å². The van der Waals surface area contributed by atoms with Crippen molar-refractivity contribution in [2.45, 2.75) is 0 Å². The Balaban J connectivity index is 2.30. The molecule has 0 aliphatic rings. The molecule has 0 saturated carbocycles. The lowest BCUT2D eigenvalue weighted by molar-refractivity contribution is 0.0601. The van der Waals surface area contributed by atoms with Gasteiger partial charge in [0.25, 0.3) is 5.56 Å². The molecule has 24 heavy (non-hydrogen) atoms. The topological polar surface area (TPSA) is 77.0 Å². The highest BCUT2D eigenvalue weighted by atomic mass is 35.5. The van der Waals surface area contributed by atoms with Gasteiger partial charge in [0.15, 0.2) is 10.6 Å². The van der Waals surface area contributed by atoms with Gasteiger partial charge in [-0.1, -0.05) is 23.2 Å². The second kappa shape index (κ2) is 6.35. The number of halogens is 2. The lowest BCUT2D eigenvalue weighted by Gasteiger charge is -2.09. The summed E-state index contributed by atoms with van der Waals surface area (Å²) in [7, 11) is 1.28. The van der Waals surface area contributed by atoms with Crippen LogP contribution in [0, 0.1) is 4.77 Å². The molecule has 0 aliphatic carbocycles. The molecule has 0 unspecified atom stereocenters. The van der Waals surface area contributed by atoms with Crippen LogP contribution in [0.3, 0.4) is 0 Å². The minimum Gasteiger partial charge on any atom is -0.465 e. The van der Waals surface area contributed by atoms with Gasteiger partial charge >= 0.3 is 5.97 Å². The number of benzene rings is 1. The molecule has 0 saturated heterocycles. The standard InChI is InChI=1S/C15H9Cl2N3O3S/c1-23-14(22)7-2-3-9-11(4-7)19-15(24)20(13(9)21)12-10(17)5-8(16)6-18-12/h2-6H,1H3,(H,19,24). The summed E-state index contributed by atoms with van der Waals surface area (Å²) in [4.78, 5) is 31.3. The molecule has 1 aromatic carbocycles. The molecule has 122 valence electrons. The van der Waals surface area contributed by atoms with E-state index in [2.05, 4.69) is 14.7 Å². The molecule has 3 aromatic rings. The Morgan fingerprint density at radius 3 is 2.75 bits per heavy atom. The molecule has 0 aliphatic heterocycles. The van der Waals surface area contributed by atoms with Crippen molar-refractivity contribution in [1.29, 1.82) is 0 Å². The van der Waals surface area contributed by atoms with E-state index in [0.29, 0.717) is 21.5 Å². The quantitative estimate of drug-likeness (QED) is 0.542. The Morgan fingerprint density at radius 1 is 1.33 bits per heavy atom. The monoisotopic (exact) mass is 381 g/mol. The van der Waals surface area contributed by atoms with Gasteiger partial charge in [-0.05, 0) is 36.5 Å². The maximum atomic E-state index is 12.8. The largest absolute Gasteiger partial charge is 0.465 e. The third-order valence-corrected chi connectivity index (χ3v) is 4.09. The Labute approximate surface area is 150 Å². The molecule has 0 bridgehead atoms. The molecule has 6 nitrogen and oxygen atoms in total. The zero-order valence-corrected chi connectivity index (χ0v) is 14.5. The summed E-state index contributed by atoms with van der Waals surface area (Å²) in [6, 6.07) is 5.97. The molecule has 2 aromatic heterocycles. The summed E-state index contributed by atoms with van der Waals surface area (Å²) in [6.45, 7) is 0. The Hall–Kier alpha value is -2.22. The number of nitrogens with one attached hydrogen (secondary N) is 1. The molecule has 0 amide bonds. The Kier molecular flexibility index (Phi) is 4.40. The lowest BCUT2D eigenvalue weighted by atomic mass is 10.1. The maximum Gasteiger partial charge on any atom is 0.337 e. The van der Waals surface area contributed by atoms with E-state index in [1.165, 1.54) is 42.1 Å². The van der Waals surface area contributed by atoms with Crippen molar-refractivity contribution in [3.8, 4) is 5.82 Å². The molecule has 9 heteroatoms. The molecule has 0 fully saturated rings. The van der Waals surface area contributed by atoms with Gasteiger partial charge in [-0.2, -0.15) is 0 Å². The molecular weight excluding hydrogens is 373 g/mol. The highest BCUT2D eigenvalue weighted by molar-refractivity contribution is 7.71. The SMILES string of the molecule is COC(=O)c1ccc2c(=O)n(-c3ncc(Cl)cc3Cl)c(=S)[nH]c2c1. The van der Waals surface area contributed by atoms with Gasteiger partial charge in [0.05, 0.1) is 33.6 Å². The number of H-pyrrole nitrogens is 1. The number of nitrogens with zero attached hydrogens (tertiary/aromatic N) is 2. The van der Waals surface area contributed by atoms with Crippen molar-refractivity contribution in [1.82, 2.24) is 14.5 Å². The van der Waals surface area contributed by atoms with Crippen LogP contribution in [0.15, 0.2) is 35.3 Å². The summed E-state index contributed by atoms with van der Waals surface area (Å²) in [5, 5.41) is 0.855. The number of ether oxygens (including phenoxy) is 1. The first-order valence-corrected chi connectivity index (χ1v) is 7.77. The van der Waals surface area contributed by atoms with Gasteiger partial charge in [0, 0.05) is 6.20 Å². The summed E-state index contributed by atoms with van der Waals surface area (Å²) in [5.41, 5.74) is 0.298. The predicted molar refractivity (Wildman–Crippen MR) is 93.9 cm³/mol. The van der Waals surface area contributed by atoms with E-state index < -0.39 is 11.5 Å². The number of esters is 1. The van der Waals surface area contributed by atoms with Crippen LogP contribution >= 0.6 is 35.4 Å². The van der Waals surface area contributed by atoms with E-state index in [1.807, 2.05) is 0 Å². The van der Waals surface area contributed by atoms with Gasteiger partial charge in [-0.3, -0.25) is 4.79 Å². The lowest BCUT2D eigenvalue weighted by Crippen LogP contribution is -2.22. The van der Waals surface area contributed by atoms with E-state index in [-0.39, 0.29) is 15.6 Å². The average molecular weight is 382 g/mol. The third-order valence-electron chi connectivity index (χ3n) is 3.32. The molecule has 1 N–H and O–H groups in total. The van der Waals surface area contributed by atoms with E-state index >= 15 is 0 Å². The number of fused-ring (bicyclic) bond motifs is 1. The van der Waals surface area contributed by atoms with Crippen molar-refractivity contribution < 1.29 is 9.53 Å². The van der Waals surface area contributed by atoms with Crippen LogP contribution in [0.5, 0.6) is 0 Å². The molecule has 0 spiro atoms. The zero-order valence-electron chi connectivity index (χ0n) is 12.2. The fourth-order valence-electron chi connectivity index (χ4n) is 2.23. The van der Waals surface area contributed by atoms with Crippen molar-refractivity contribution in [3.05, 3.63) is 61.2 Å². The minimum atomic E-state index is -0.511. The average Bonchev–Trinajstić information content (AvgIpc) is 2.55. The molecule has 2 heterocycles. The third kappa shape index (κ3) is 2.82. The number of carbonyl (C=O) groups is 1. The smallest absolute Gasteiger partial charge is 0.337 e. The van der Waals surface area contributed by atoms with Crippen LogP contribution in [-0.4, -0.2) is 27.6 Å². The van der Waals surface area contributed by atoms with Crippen molar-refractivity contribution in [3.63, 3.8) is 0 Å². The summed E-state index contributed by atoms with van der Waals surface area (Å²) < 4.78 is 5.93. The van der Waals surface area contributed by atoms with Crippen molar-refractivity contribution in [2.24, 2.45) is 0 Å². The minimum absolute atomic E-state index is 0.0891. The van der Waals surface area contributed by atoms with Gasteiger partial charge in [0.1, 0.15) is 0 Å². The van der Waals surface area contributed by atoms with E-state index in [4.69, 9.17) is 35.4 Å². The fourth-order valence-corrected chi connectivity index (χ4v) is 2.97. The van der Waals surface area contributed by atoms with Crippen LogP contribution in [0.25, 0.3) is 16.7 Å². The summed E-state index contributed by atoms with van der Waals surface area (Å²) in [6.07, 6.45) is 1.37. The van der Waals surface area contributed by atoms with Gasteiger partial charge < -0.3 is 9.72 Å². The van der Waals surface area contributed by atoms with Crippen molar-refractivity contribution in [2.75, 3.05) is 7.11 Å². The van der Waals surface area contributed by atoms with Crippen LogP contribution in [0.4, 0.5) is 0 Å². The summed E-state index contributed by atoms with van der Waals surface area (Å²) in [5.74, 6) is -0.339. The number of pyridine rings is 1. The predicted octanol–water partition coefficient (Wildman–Crippen LogP) is 3.54.